The smallest absolute Gasteiger partial charge is 0.333 e. The zero-order chi connectivity index (χ0) is 44.7. The molecule has 6 aromatic rings. The number of fused-ring (bicyclic) bond motifs is 1. The number of rotatable bonds is 13. The fourth-order valence-corrected chi connectivity index (χ4v) is 9.92. The summed E-state index contributed by atoms with van der Waals surface area (Å²) in [5, 5.41) is 6.24. The monoisotopic (exact) mass is 828 g/mol. The van der Waals surface area contributed by atoms with E-state index >= 15 is 0 Å². The van der Waals surface area contributed by atoms with Crippen molar-refractivity contribution in [3.8, 4) is 0 Å². The fourth-order valence-electron chi connectivity index (χ4n) is 9.92. The zero-order valence-corrected chi connectivity index (χ0v) is 39.3. The maximum atomic E-state index is 13.0. The highest BCUT2D eigenvalue weighted by Crippen LogP contribution is 2.42. The predicted molar refractivity (Wildman–Crippen MR) is 266 cm³/mol. The fraction of sp³-hybridized carbons (Fsp3) is 0.351. The molecule has 0 radical (unpaired) electrons. The van der Waals surface area contributed by atoms with Crippen molar-refractivity contribution < 1.29 is 9.53 Å². The summed E-state index contributed by atoms with van der Waals surface area (Å²) >= 11 is 0. The van der Waals surface area contributed by atoms with Gasteiger partial charge in [0.05, 0.1) is 6.04 Å². The van der Waals surface area contributed by atoms with Crippen LogP contribution in [0.15, 0.2) is 121 Å². The maximum Gasteiger partial charge on any atom is 0.333 e. The molecule has 5 nitrogen and oxygen atoms in total. The van der Waals surface area contributed by atoms with Crippen LogP contribution in [0.3, 0.4) is 0 Å². The lowest BCUT2D eigenvalue weighted by molar-refractivity contribution is -0.146. The van der Waals surface area contributed by atoms with Gasteiger partial charge in [0, 0.05) is 59.4 Å². The molecule has 6 aromatic carbocycles. The highest BCUT2D eigenvalue weighted by atomic mass is 16.5. The van der Waals surface area contributed by atoms with Gasteiger partial charge in [-0.25, -0.2) is 4.79 Å². The second-order valence-corrected chi connectivity index (χ2v) is 17.3. The molecule has 324 valence electrons. The van der Waals surface area contributed by atoms with Crippen molar-refractivity contribution >= 4 is 45.2 Å². The topological polar surface area (TPSA) is 44.8 Å². The first-order valence-electron chi connectivity index (χ1n) is 22.8. The number of carbonyl (C=O) groups is 1. The van der Waals surface area contributed by atoms with Gasteiger partial charge in [-0.3, -0.25) is 0 Å². The molecule has 0 bridgehead atoms. The van der Waals surface area contributed by atoms with E-state index in [2.05, 4.69) is 193 Å². The molecule has 7 rings (SSSR count). The third-order valence-corrected chi connectivity index (χ3v) is 12.6. The zero-order valence-electron chi connectivity index (χ0n) is 39.3. The first-order valence-corrected chi connectivity index (χ1v) is 22.8. The van der Waals surface area contributed by atoms with Gasteiger partial charge in [-0.05, 0) is 142 Å². The molecule has 62 heavy (non-hydrogen) atoms. The molecule has 2 atom stereocenters. The molecule has 2 unspecified atom stereocenters. The van der Waals surface area contributed by atoms with Gasteiger partial charge in [0.15, 0.2) is 0 Å². The van der Waals surface area contributed by atoms with E-state index in [-0.39, 0.29) is 24.0 Å². The van der Waals surface area contributed by atoms with Crippen LogP contribution in [0.4, 0.5) is 28.4 Å². The van der Waals surface area contributed by atoms with E-state index in [4.69, 9.17) is 4.74 Å². The standard InChI is InChI=1S/C55H63N3O2.C2H6/c1-11-16-37(4)55(59)60-51-20-15-14-19-50(51)56-49-30-29-48(46-17-12-13-18-47(46)49)52(42-21-25-44(26-22-42)57(9)53-38(5)31-35(2)32-39(53)6)43-23-27-45(28-24-43)58(10)54-40(7)33-36(3)34-41(54)8;1-2/h12-13,17-18,21-34,50-52,56H,4,11,14-16,19-20H2,1-3,5-10H3;1-2H3. The average Bonchev–Trinajstić information content (AvgIpc) is 3.25. The van der Waals surface area contributed by atoms with Gasteiger partial charge in [0.2, 0.25) is 0 Å². The largest absolute Gasteiger partial charge is 0.457 e. The number of hydrogen-bond acceptors (Lipinski definition) is 5. The first kappa shape index (κ1) is 45.7. The molecule has 1 saturated carbocycles. The van der Waals surface area contributed by atoms with E-state index in [1.54, 1.807) is 0 Å². The molecular formula is C57H69N3O2. The highest BCUT2D eigenvalue weighted by molar-refractivity contribution is 5.97. The summed E-state index contributed by atoms with van der Waals surface area (Å²) in [6, 6.07) is 40.7. The Bertz CT molecular complexity index is 2350. The number of ether oxygens (including phenoxy) is 1. The number of nitrogens with zero attached hydrogens (tertiary/aromatic N) is 2. The Morgan fingerprint density at radius 3 is 1.63 bits per heavy atom. The average molecular weight is 828 g/mol. The Morgan fingerprint density at radius 2 is 1.15 bits per heavy atom. The van der Waals surface area contributed by atoms with Crippen LogP contribution < -0.4 is 15.1 Å². The third-order valence-electron chi connectivity index (χ3n) is 12.6. The molecule has 1 N–H and O–H groups in total. The Kier molecular flexibility index (Phi) is 15.0. The minimum absolute atomic E-state index is 0.0258. The van der Waals surface area contributed by atoms with Gasteiger partial charge >= 0.3 is 5.97 Å². The second kappa shape index (κ2) is 20.4. The van der Waals surface area contributed by atoms with E-state index in [0.29, 0.717) is 12.0 Å². The van der Waals surface area contributed by atoms with E-state index in [1.165, 1.54) is 66.8 Å². The van der Waals surface area contributed by atoms with E-state index < -0.39 is 0 Å². The summed E-state index contributed by atoms with van der Waals surface area (Å²) in [5.74, 6) is -0.289. The van der Waals surface area contributed by atoms with Crippen molar-refractivity contribution in [2.75, 3.05) is 29.2 Å². The summed E-state index contributed by atoms with van der Waals surface area (Å²) in [7, 11) is 4.34. The molecule has 0 spiro atoms. The summed E-state index contributed by atoms with van der Waals surface area (Å²) in [6.07, 6.45) is 5.29. The molecule has 1 aliphatic carbocycles. The van der Waals surface area contributed by atoms with E-state index in [0.717, 1.165) is 54.6 Å². The van der Waals surface area contributed by atoms with E-state index in [9.17, 15) is 4.79 Å². The van der Waals surface area contributed by atoms with Crippen LogP contribution in [-0.2, 0) is 9.53 Å². The van der Waals surface area contributed by atoms with Gasteiger partial charge < -0.3 is 19.9 Å². The molecule has 0 aromatic heterocycles. The number of hydrogen-bond donors (Lipinski definition) is 1. The number of aryl methyl sites for hydroxylation is 6. The summed E-state index contributed by atoms with van der Waals surface area (Å²) in [6.45, 7) is 23.2. The minimum Gasteiger partial charge on any atom is -0.457 e. The lowest BCUT2D eigenvalue weighted by Crippen LogP contribution is -2.40. The van der Waals surface area contributed by atoms with Gasteiger partial charge in [0.1, 0.15) is 6.10 Å². The van der Waals surface area contributed by atoms with Crippen LogP contribution in [0.2, 0.25) is 0 Å². The SMILES string of the molecule is C=C(CCC)C(=O)OC1CCCCC1Nc1ccc(C(c2ccc(N(C)c3c(C)cc(C)cc3C)cc2)c2ccc(N(C)c3c(C)cc(C)cc3C)cc2)c2ccccc12.CC. The molecule has 0 saturated heterocycles. The van der Waals surface area contributed by atoms with Gasteiger partial charge in [-0.15, -0.1) is 0 Å². The van der Waals surface area contributed by atoms with Gasteiger partial charge in [-0.1, -0.05) is 130 Å². The number of nitrogens with one attached hydrogen (secondary N) is 1. The number of anilines is 5. The lowest BCUT2D eigenvalue weighted by Gasteiger charge is -2.33. The maximum absolute atomic E-state index is 13.0. The summed E-state index contributed by atoms with van der Waals surface area (Å²) < 4.78 is 6.12. The van der Waals surface area contributed by atoms with Crippen molar-refractivity contribution in [1.29, 1.82) is 0 Å². The van der Waals surface area contributed by atoms with Crippen molar-refractivity contribution in [3.05, 3.63) is 171 Å². The summed E-state index contributed by atoms with van der Waals surface area (Å²) in [5.41, 5.74) is 17.8. The van der Waals surface area contributed by atoms with Crippen molar-refractivity contribution in [1.82, 2.24) is 0 Å². The van der Waals surface area contributed by atoms with Crippen molar-refractivity contribution in [2.24, 2.45) is 0 Å². The summed E-state index contributed by atoms with van der Waals surface area (Å²) in [4.78, 5) is 17.6. The normalized spacial score (nSPS) is 14.8. The first-order chi connectivity index (χ1) is 29.8. The van der Waals surface area contributed by atoms with Crippen LogP contribution in [0.5, 0.6) is 0 Å². The van der Waals surface area contributed by atoms with Crippen LogP contribution in [0.25, 0.3) is 10.8 Å². The Labute approximate surface area is 372 Å². The van der Waals surface area contributed by atoms with Crippen LogP contribution in [-0.4, -0.2) is 32.2 Å². The third kappa shape index (κ3) is 9.94. The number of carbonyl (C=O) groups excluding carboxylic acids is 1. The van der Waals surface area contributed by atoms with Gasteiger partial charge in [-0.2, -0.15) is 0 Å². The highest BCUT2D eigenvalue weighted by Gasteiger charge is 2.30. The number of esters is 1. The number of benzene rings is 6. The van der Waals surface area contributed by atoms with Crippen molar-refractivity contribution in [3.63, 3.8) is 0 Å². The molecular weight excluding hydrogens is 759 g/mol. The van der Waals surface area contributed by atoms with Crippen molar-refractivity contribution in [2.45, 2.75) is 119 Å². The lowest BCUT2D eigenvalue weighted by atomic mass is 9.82. The van der Waals surface area contributed by atoms with Crippen LogP contribution in [0, 0.1) is 41.5 Å². The molecule has 1 fully saturated rings. The molecule has 0 amide bonds. The van der Waals surface area contributed by atoms with E-state index in [1.807, 2.05) is 13.8 Å². The van der Waals surface area contributed by atoms with Crippen LogP contribution in [0.1, 0.15) is 115 Å². The molecule has 1 aliphatic rings. The Hall–Kier alpha value is -5.81. The second-order valence-electron chi connectivity index (χ2n) is 17.3. The Balaban J connectivity index is 0.00000316. The Morgan fingerprint density at radius 1 is 0.677 bits per heavy atom. The van der Waals surface area contributed by atoms with Gasteiger partial charge in [0.25, 0.3) is 0 Å². The quantitative estimate of drug-likeness (QED) is 0.0714. The molecule has 5 heteroatoms. The molecule has 0 heterocycles. The minimum atomic E-state index is -0.263. The predicted octanol–water partition coefficient (Wildman–Crippen LogP) is 15.1. The van der Waals surface area contributed by atoms with Crippen LogP contribution >= 0.6 is 0 Å². The molecule has 0 aliphatic heterocycles.